The number of fused-ring (bicyclic) bond motifs is 1. The van der Waals surface area contributed by atoms with E-state index in [2.05, 4.69) is 67.3 Å². The van der Waals surface area contributed by atoms with Gasteiger partial charge >= 0.3 is 0 Å². The van der Waals surface area contributed by atoms with Crippen LogP contribution in [-0.4, -0.2) is 33.3 Å². The maximum Gasteiger partial charge on any atom is 0.244 e. The van der Waals surface area contributed by atoms with E-state index >= 15 is 0 Å². The first-order chi connectivity index (χ1) is 13.4. The van der Waals surface area contributed by atoms with Crippen LogP contribution in [0, 0.1) is 0 Å². The second kappa shape index (κ2) is 8.31. The molecule has 27 heavy (non-hydrogen) atoms. The number of aromatic amines is 1. The first-order valence-electron chi connectivity index (χ1n) is 9.15. The SMILES string of the molecule is c1ccc(CCNc2nncc(NCCc3c[nH]c4ccccc34)n2)cc1. The van der Waals surface area contributed by atoms with Gasteiger partial charge in [-0.05, 0) is 30.0 Å². The fraction of sp³-hybridized carbons (Fsp3) is 0.190. The lowest BCUT2D eigenvalue weighted by molar-refractivity contribution is 0.916. The van der Waals surface area contributed by atoms with Crippen LogP contribution in [0.25, 0.3) is 10.9 Å². The predicted molar refractivity (Wildman–Crippen MR) is 109 cm³/mol. The summed E-state index contributed by atoms with van der Waals surface area (Å²) < 4.78 is 0. The third-order valence-electron chi connectivity index (χ3n) is 4.47. The van der Waals surface area contributed by atoms with E-state index in [0.717, 1.165) is 31.7 Å². The number of aromatic nitrogens is 4. The first kappa shape index (κ1) is 17.0. The lowest BCUT2D eigenvalue weighted by atomic mass is 10.1. The summed E-state index contributed by atoms with van der Waals surface area (Å²) in [5.41, 5.74) is 3.74. The van der Waals surface area contributed by atoms with E-state index in [1.165, 1.54) is 22.0 Å². The number of nitrogens with zero attached hydrogens (tertiary/aromatic N) is 3. The number of rotatable bonds is 8. The van der Waals surface area contributed by atoms with E-state index < -0.39 is 0 Å². The van der Waals surface area contributed by atoms with Crippen molar-refractivity contribution in [3.63, 3.8) is 0 Å². The van der Waals surface area contributed by atoms with Crippen molar-refractivity contribution in [1.29, 1.82) is 0 Å². The lowest BCUT2D eigenvalue weighted by Crippen LogP contribution is -2.11. The monoisotopic (exact) mass is 358 g/mol. The summed E-state index contributed by atoms with van der Waals surface area (Å²) in [5.74, 6) is 1.27. The van der Waals surface area contributed by atoms with Crippen LogP contribution in [0.2, 0.25) is 0 Å². The number of para-hydroxylation sites is 1. The molecule has 2 heterocycles. The zero-order valence-electron chi connectivity index (χ0n) is 15.0. The van der Waals surface area contributed by atoms with Crippen molar-refractivity contribution in [2.45, 2.75) is 12.8 Å². The molecule has 0 aliphatic rings. The number of H-pyrrole nitrogens is 1. The summed E-state index contributed by atoms with van der Waals surface area (Å²) in [6.45, 7) is 1.55. The Bertz CT molecular complexity index is 996. The topological polar surface area (TPSA) is 78.5 Å². The average molecular weight is 358 g/mol. The summed E-state index contributed by atoms with van der Waals surface area (Å²) in [7, 11) is 0. The maximum absolute atomic E-state index is 4.48. The zero-order chi connectivity index (χ0) is 18.3. The van der Waals surface area contributed by atoms with Gasteiger partial charge in [0.15, 0.2) is 5.82 Å². The van der Waals surface area contributed by atoms with Crippen LogP contribution >= 0.6 is 0 Å². The standard InChI is InChI=1S/C21H22N6/c1-2-6-16(7-3-1)10-12-23-21-26-20(15-25-27-21)22-13-11-17-14-24-19-9-5-4-8-18(17)19/h1-9,14-15,24H,10-13H2,(H2,22,23,26,27). The van der Waals surface area contributed by atoms with Crippen LogP contribution in [0.4, 0.5) is 11.8 Å². The molecule has 0 radical (unpaired) electrons. The van der Waals surface area contributed by atoms with Gasteiger partial charge in [0.1, 0.15) is 0 Å². The summed E-state index contributed by atoms with van der Waals surface area (Å²) in [6, 6.07) is 18.7. The molecule has 0 saturated carbocycles. The van der Waals surface area contributed by atoms with Crippen molar-refractivity contribution in [3.05, 3.63) is 78.1 Å². The molecule has 4 aromatic rings. The van der Waals surface area contributed by atoms with Crippen molar-refractivity contribution in [2.75, 3.05) is 23.7 Å². The lowest BCUT2D eigenvalue weighted by Gasteiger charge is -2.07. The van der Waals surface area contributed by atoms with Crippen LogP contribution in [0.15, 0.2) is 67.0 Å². The summed E-state index contributed by atoms with van der Waals surface area (Å²) in [4.78, 5) is 7.79. The number of anilines is 2. The minimum Gasteiger partial charge on any atom is -0.368 e. The molecule has 2 aromatic carbocycles. The van der Waals surface area contributed by atoms with Crippen LogP contribution in [0.3, 0.4) is 0 Å². The Morgan fingerprint density at radius 3 is 2.59 bits per heavy atom. The zero-order valence-corrected chi connectivity index (χ0v) is 15.0. The fourth-order valence-electron chi connectivity index (χ4n) is 3.09. The molecule has 6 nitrogen and oxygen atoms in total. The summed E-state index contributed by atoms with van der Waals surface area (Å²) >= 11 is 0. The second-order valence-electron chi connectivity index (χ2n) is 6.36. The molecule has 3 N–H and O–H groups in total. The third-order valence-corrected chi connectivity index (χ3v) is 4.47. The van der Waals surface area contributed by atoms with Gasteiger partial charge < -0.3 is 15.6 Å². The Morgan fingerprint density at radius 1 is 0.852 bits per heavy atom. The minimum absolute atomic E-state index is 0.544. The maximum atomic E-state index is 4.48. The Kier molecular flexibility index (Phi) is 5.24. The largest absolute Gasteiger partial charge is 0.368 e. The molecule has 4 rings (SSSR count). The Labute approximate surface area is 158 Å². The highest BCUT2D eigenvalue weighted by atomic mass is 15.3. The van der Waals surface area contributed by atoms with Gasteiger partial charge in [0.25, 0.3) is 0 Å². The number of benzene rings is 2. The Morgan fingerprint density at radius 2 is 1.67 bits per heavy atom. The molecule has 0 spiro atoms. The van der Waals surface area contributed by atoms with E-state index in [1.54, 1.807) is 6.20 Å². The molecule has 6 heteroatoms. The average Bonchev–Trinajstić information content (AvgIpc) is 3.13. The highest BCUT2D eigenvalue weighted by Crippen LogP contribution is 2.18. The smallest absolute Gasteiger partial charge is 0.244 e. The van der Waals surface area contributed by atoms with E-state index in [-0.39, 0.29) is 0 Å². The van der Waals surface area contributed by atoms with Crippen LogP contribution in [0.5, 0.6) is 0 Å². The number of hydrogen-bond donors (Lipinski definition) is 3. The summed E-state index contributed by atoms with van der Waals surface area (Å²) in [5, 5.41) is 15.9. The number of nitrogens with one attached hydrogen (secondary N) is 3. The quantitative estimate of drug-likeness (QED) is 0.448. The molecule has 0 fully saturated rings. The van der Waals surface area contributed by atoms with Crippen LogP contribution < -0.4 is 10.6 Å². The predicted octanol–water partition coefficient (Wildman–Crippen LogP) is 3.66. The van der Waals surface area contributed by atoms with Gasteiger partial charge in [0.2, 0.25) is 5.95 Å². The molecule has 0 bridgehead atoms. The molecule has 2 aromatic heterocycles. The van der Waals surface area contributed by atoms with Gasteiger partial charge in [0.05, 0.1) is 6.20 Å². The van der Waals surface area contributed by atoms with Crippen molar-refractivity contribution in [2.24, 2.45) is 0 Å². The van der Waals surface area contributed by atoms with Gasteiger partial charge in [-0.2, -0.15) is 10.1 Å². The molecule has 136 valence electrons. The van der Waals surface area contributed by atoms with Gasteiger partial charge in [-0.15, -0.1) is 5.10 Å². The van der Waals surface area contributed by atoms with Gasteiger partial charge in [-0.3, -0.25) is 0 Å². The van der Waals surface area contributed by atoms with Gasteiger partial charge in [-0.1, -0.05) is 48.5 Å². The van der Waals surface area contributed by atoms with Crippen molar-refractivity contribution < 1.29 is 0 Å². The van der Waals surface area contributed by atoms with E-state index in [4.69, 9.17) is 0 Å². The number of hydrogen-bond acceptors (Lipinski definition) is 5. The molecule has 0 aliphatic heterocycles. The van der Waals surface area contributed by atoms with Crippen molar-refractivity contribution >= 4 is 22.7 Å². The van der Waals surface area contributed by atoms with Crippen molar-refractivity contribution in [3.8, 4) is 0 Å². The molecule has 0 atom stereocenters. The van der Waals surface area contributed by atoms with Gasteiger partial charge in [-0.25, -0.2) is 0 Å². The molecular weight excluding hydrogens is 336 g/mol. The molecule has 0 saturated heterocycles. The molecule has 0 unspecified atom stereocenters. The van der Waals surface area contributed by atoms with Gasteiger partial charge in [0, 0.05) is 30.2 Å². The minimum atomic E-state index is 0.544. The highest BCUT2D eigenvalue weighted by molar-refractivity contribution is 5.83. The van der Waals surface area contributed by atoms with E-state index in [1.807, 2.05) is 24.3 Å². The second-order valence-corrected chi connectivity index (χ2v) is 6.36. The van der Waals surface area contributed by atoms with E-state index in [9.17, 15) is 0 Å². The van der Waals surface area contributed by atoms with Crippen LogP contribution in [-0.2, 0) is 12.8 Å². The first-order valence-corrected chi connectivity index (χ1v) is 9.15. The molecular formula is C21H22N6. The fourth-order valence-corrected chi connectivity index (χ4v) is 3.09. The van der Waals surface area contributed by atoms with Crippen LogP contribution in [0.1, 0.15) is 11.1 Å². The summed E-state index contributed by atoms with van der Waals surface area (Å²) in [6.07, 6.45) is 5.55. The Balaban J connectivity index is 1.29. The Hall–Kier alpha value is -3.41. The molecule has 0 amide bonds. The van der Waals surface area contributed by atoms with Crippen molar-refractivity contribution in [1.82, 2.24) is 20.2 Å². The van der Waals surface area contributed by atoms with E-state index in [0.29, 0.717) is 5.95 Å². The third kappa shape index (κ3) is 4.41. The highest BCUT2D eigenvalue weighted by Gasteiger charge is 2.04. The normalized spacial score (nSPS) is 10.8. The molecule has 0 aliphatic carbocycles.